The van der Waals surface area contributed by atoms with E-state index in [1.165, 1.54) is 12.8 Å². The number of likely N-dealkylation sites (tertiary alicyclic amines) is 1. The maximum atomic E-state index is 12.8. The first-order valence-corrected chi connectivity index (χ1v) is 11.0. The molecule has 1 aliphatic rings. The Morgan fingerprint density at radius 1 is 1.36 bits per heavy atom. The highest BCUT2D eigenvalue weighted by Crippen LogP contribution is 2.21. The van der Waals surface area contributed by atoms with E-state index < -0.39 is 0 Å². The molecule has 6 nitrogen and oxygen atoms in total. The van der Waals surface area contributed by atoms with Gasteiger partial charge in [0.2, 0.25) is 0 Å². The third kappa shape index (κ3) is 7.22. The summed E-state index contributed by atoms with van der Waals surface area (Å²) in [7, 11) is 0. The Labute approximate surface area is 174 Å². The van der Waals surface area contributed by atoms with Crippen molar-refractivity contribution in [2.45, 2.75) is 58.4 Å². The highest BCUT2D eigenvalue weighted by molar-refractivity contribution is 6.29. The number of carbonyl (C=O) groups excluding carboxylic acids is 1. The summed E-state index contributed by atoms with van der Waals surface area (Å²) < 4.78 is 0. The van der Waals surface area contributed by atoms with Crippen molar-refractivity contribution < 1.29 is 9.90 Å². The van der Waals surface area contributed by atoms with Crippen LogP contribution in [0.15, 0.2) is 12.1 Å². The molecule has 0 spiro atoms. The fourth-order valence-electron chi connectivity index (χ4n) is 3.64. The number of nitrogens with zero attached hydrogens (tertiary/aromatic N) is 2. The zero-order valence-corrected chi connectivity index (χ0v) is 18.0. The zero-order valence-electron chi connectivity index (χ0n) is 17.2. The van der Waals surface area contributed by atoms with Gasteiger partial charge in [0.05, 0.1) is 12.2 Å². The summed E-state index contributed by atoms with van der Waals surface area (Å²) in [4.78, 5) is 19.4. The van der Waals surface area contributed by atoms with Gasteiger partial charge in [-0.1, -0.05) is 44.7 Å². The van der Waals surface area contributed by atoms with Crippen LogP contribution < -0.4 is 10.6 Å². The molecular formula is C21H35ClN4O2. The molecule has 1 saturated heterocycles. The van der Waals surface area contributed by atoms with Gasteiger partial charge in [-0.2, -0.15) is 0 Å². The van der Waals surface area contributed by atoms with Crippen molar-refractivity contribution in [1.29, 1.82) is 0 Å². The van der Waals surface area contributed by atoms with Crippen molar-refractivity contribution in [3.63, 3.8) is 0 Å². The van der Waals surface area contributed by atoms with Gasteiger partial charge in [0.15, 0.2) is 0 Å². The summed E-state index contributed by atoms with van der Waals surface area (Å²) in [6.07, 6.45) is 6.48. The Kier molecular flexibility index (Phi) is 10.0. The number of hydrogen-bond donors (Lipinski definition) is 3. The predicted molar refractivity (Wildman–Crippen MR) is 115 cm³/mol. The summed E-state index contributed by atoms with van der Waals surface area (Å²) >= 11 is 6.09. The van der Waals surface area contributed by atoms with Gasteiger partial charge >= 0.3 is 0 Å². The molecule has 1 aromatic rings. The SMILES string of the molecule is CCCCC(CC)CNC(=O)c1ccc(Cl)nc1NC1CCN(CCO)CC1. The first-order valence-electron chi connectivity index (χ1n) is 10.6. The van der Waals surface area contributed by atoms with Crippen LogP contribution in [0.5, 0.6) is 0 Å². The number of hydrogen-bond acceptors (Lipinski definition) is 5. The second-order valence-electron chi connectivity index (χ2n) is 7.64. The maximum Gasteiger partial charge on any atom is 0.255 e. The topological polar surface area (TPSA) is 77.5 Å². The molecule has 1 fully saturated rings. The molecule has 0 aliphatic carbocycles. The summed E-state index contributed by atoms with van der Waals surface area (Å²) in [6.45, 7) is 7.81. The molecule has 0 saturated carbocycles. The lowest BCUT2D eigenvalue weighted by molar-refractivity contribution is 0.0946. The lowest BCUT2D eigenvalue weighted by atomic mass is 9.99. The van der Waals surface area contributed by atoms with Crippen LogP contribution in [0, 0.1) is 5.92 Å². The van der Waals surface area contributed by atoms with Crippen molar-refractivity contribution in [3.05, 3.63) is 22.8 Å². The van der Waals surface area contributed by atoms with Crippen molar-refractivity contribution in [2.75, 3.05) is 38.1 Å². The largest absolute Gasteiger partial charge is 0.395 e. The van der Waals surface area contributed by atoms with E-state index in [-0.39, 0.29) is 18.6 Å². The number of aliphatic hydroxyl groups is 1. The smallest absolute Gasteiger partial charge is 0.255 e. The normalized spacial score (nSPS) is 16.7. The summed E-state index contributed by atoms with van der Waals surface area (Å²) in [6, 6.07) is 3.67. The van der Waals surface area contributed by atoms with Crippen LogP contribution in [0.4, 0.5) is 5.82 Å². The van der Waals surface area contributed by atoms with Gasteiger partial charge in [-0.25, -0.2) is 4.98 Å². The Bertz CT molecular complexity index is 606. The number of amides is 1. The lowest BCUT2D eigenvalue weighted by Gasteiger charge is -2.32. The number of piperidine rings is 1. The fraction of sp³-hybridized carbons (Fsp3) is 0.714. The molecule has 1 aliphatic heterocycles. The first-order chi connectivity index (χ1) is 13.6. The van der Waals surface area contributed by atoms with E-state index in [4.69, 9.17) is 16.7 Å². The van der Waals surface area contributed by atoms with Crippen LogP contribution in [0.3, 0.4) is 0 Å². The van der Waals surface area contributed by atoms with E-state index in [1.54, 1.807) is 12.1 Å². The fourth-order valence-corrected chi connectivity index (χ4v) is 3.79. The third-order valence-corrected chi connectivity index (χ3v) is 5.76. The van der Waals surface area contributed by atoms with Crippen molar-refractivity contribution in [2.24, 2.45) is 5.92 Å². The van der Waals surface area contributed by atoms with Crippen LogP contribution in [-0.4, -0.2) is 59.7 Å². The minimum absolute atomic E-state index is 0.0978. The lowest BCUT2D eigenvalue weighted by Crippen LogP contribution is -2.40. The molecule has 28 heavy (non-hydrogen) atoms. The number of unbranched alkanes of at least 4 members (excludes halogenated alkanes) is 1. The van der Waals surface area contributed by atoms with Gasteiger partial charge in [0.25, 0.3) is 5.91 Å². The highest BCUT2D eigenvalue weighted by Gasteiger charge is 2.22. The van der Waals surface area contributed by atoms with Crippen LogP contribution in [-0.2, 0) is 0 Å². The Morgan fingerprint density at radius 2 is 2.11 bits per heavy atom. The maximum absolute atomic E-state index is 12.8. The first kappa shape index (κ1) is 22.9. The molecule has 1 aromatic heterocycles. The monoisotopic (exact) mass is 410 g/mol. The number of rotatable bonds is 11. The molecule has 2 rings (SSSR count). The van der Waals surface area contributed by atoms with E-state index in [0.29, 0.717) is 35.5 Å². The van der Waals surface area contributed by atoms with Gasteiger partial charge in [-0.05, 0) is 37.3 Å². The van der Waals surface area contributed by atoms with Gasteiger partial charge in [0.1, 0.15) is 11.0 Å². The van der Waals surface area contributed by atoms with E-state index in [0.717, 1.165) is 38.8 Å². The molecule has 7 heteroatoms. The predicted octanol–water partition coefficient (Wildman–Crippen LogP) is 3.55. The number of anilines is 1. The number of nitrogens with one attached hydrogen (secondary N) is 2. The highest BCUT2D eigenvalue weighted by atomic mass is 35.5. The van der Waals surface area contributed by atoms with Crippen LogP contribution in [0.25, 0.3) is 0 Å². The molecule has 1 amide bonds. The Balaban J connectivity index is 1.96. The molecule has 158 valence electrons. The van der Waals surface area contributed by atoms with Crippen LogP contribution in [0.1, 0.15) is 62.7 Å². The molecule has 0 radical (unpaired) electrons. The van der Waals surface area contributed by atoms with Crippen molar-refractivity contribution in [3.8, 4) is 0 Å². The molecule has 3 N–H and O–H groups in total. The van der Waals surface area contributed by atoms with Gasteiger partial charge in [-0.15, -0.1) is 0 Å². The Morgan fingerprint density at radius 3 is 2.75 bits per heavy atom. The van der Waals surface area contributed by atoms with Crippen LogP contribution in [0.2, 0.25) is 5.15 Å². The van der Waals surface area contributed by atoms with E-state index in [9.17, 15) is 4.79 Å². The van der Waals surface area contributed by atoms with Crippen molar-refractivity contribution >= 4 is 23.3 Å². The second-order valence-corrected chi connectivity index (χ2v) is 8.03. The number of pyridine rings is 1. The van der Waals surface area contributed by atoms with Crippen molar-refractivity contribution in [1.82, 2.24) is 15.2 Å². The molecule has 0 aromatic carbocycles. The standard InChI is InChI=1S/C21H35ClN4O2/c1-3-5-6-16(4-2)15-23-21(28)18-7-8-19(22)25-20(18)24-17-9-11-26(12-10-17)13-14-27/h7-8,16-17,27H,3-6,9-15H2,1-2H3,(H,23,28)(H,24,25). The van der Waals surface area contributed by atoms with E-state index >= 15 is 0 Å². The minimum Gasteiger partial charge on any atom is -0.395 e. The number of β-amino-alcohol motifs (C(OH)–C–C–N with tert-alkyl or cyclic N) is 1. The number of carbonyl (C=O) groups is 1. The quantitative estimate of drug-likeness (QED) is 0.486. The van der Waals surface area contributed by atoms with Gasteiger partial charge < -0.3 is 20.6 Å². The average Bonchev–Trinajstić information content (AvgIpc) is 2.70. The molecule has 1 atom stereocenters. The number of aliphatic hydroxyl groups excluding tert-OH is 1. The van der Waals surface area contributed by atoms with Crippen LogP contribution >= 0.6 is 11.6 Å². The number of halogens is 1. The summed E-state index contributed by atoms with van der Waals surface area (Å²) in [5.74, 6) is 0.975. The van der Waals surface area contributed by atoms with E-state index in [1.807, 2.05) is 0 Å². The molecular weight excluding hydrogens is 376 g/mol. The molecule has 2 heterocycles. The summed E-state index contributed by atoms with van der Waals surface area (Å²) in [5, 5.41) is 16.0. The van der Waals surface area contributed by atoms with Gasteiger partial charge in [0, 0.05) is 32.2 Å². The second kappa shape index (κ2) is 12.2. The molecule has 1 unspecified atom stereocenters. The van der Waals surface area contributed by atoms with Gasteiger partial charge in [-0.3, -0.25) is 4.79 Å². The Hall–Kier alpha value is -1.37. The van der Waals surface area contributed by atoms with E-state index in [2.05, 4.69) is 34.4 Å². The minimum atomic E-state index is -0.0978. The average molecular weight is 411 g/mol. The third-order valence-electron chi connectivity index (χ3n) is 5.55. The molecule has 0 bridgehead atoms. The zero-order chi connectivity index (χ0) is 20.4. The number of aromatic nitrogens is 1. The summed E-state index contributed by atoms with van der Waals surface area (Å²) in [5.41, 5.74) is 0.549.